The van der Waals surface area contributed by atoms with Crippen LogP contribution in [-0.4, -0.2) is 12.5 Å². The Morgan fingerprint density at radius 2 is 1.73 bits per heavy atom. The highest BCUT2D eigenvalue weighted by Gasteiger charge is 2.20. The summed E-state index contributed by atoms with van der Waals surface area (Å²) in [5.41, 5.74) is 1.30. The van der Waals surface area contributed by atoms with E-state index in [9.17, 15) is 10.1 Å². The molecule has 4 heteroatoms. The van der Waals surface area contributed by atoms with Crippen LogP contribution in [0.3, 0.4) is 0 Å². The van der Waals surface area contributed by atoms with E-state index in [1.807, 2.05) is 42.5 Å². The molecule has 0 radical (unpaired) electrons. The molecule has 0 atom stereocenters. The van der Waals surface area contributed by atoms with E-state index in [0.717, 1.165) is 22.3 Å². The minimum absolute atomic E-state index is 0.0267. The highest BCUT2D eigenvalue weighted by molar-refractivity contribution is 7.99. The molecule has 1 amide bonds. The van der Waals surface area contributed by atoms with Gasteiger partial charge in [-0.2, -0.15) is 5.26 Å². The van der Waals surface area contributed by atoms with Gasteiger partial charge < -0.3 is 5.32 Å². The Labute approximate surface area is 159 Å². The molecular weight excluding hydrogens is 340 g/mol. The normalized spacial score (nSPS) is 19.5. The van der Waals surface area contributed by atoms with E-state index < -0.39 is 0 Å². The van der Waals surface area contributed by atoms with Gasteiger partial charge in [-0.15, -0.1) is 0 Å². The van der Waals surface area contributed by atoms with Gasteiger partial charge in [0, 0.05) is 16.3 Å². The molecule has 0 saturated heterocycles. The quantitative estimate of drug-likeness (QED) is 0.787. The summed E-state index contributed by atoms with van der Waals surface area (Å²) in [5.74, 6) is 1.38. The predicted molar refractivity (Wildman–Crippen MR) is 105 cm³/mol. The SMILES string of the molecule is CC1CCC(CNC(=O)c2ccccc2Sc2ccccc2C#N)CC1. The molecule has 1 saturated carbocycles. The number of benzene rings is 2. The van der Waals surface area contributed by atoms with E-state index in [2.05, 4.69) is 18.3 Å². The lowest BCUT2D eigenvalue weighted by Gasteiger charge is -2.26. The maximum atomic E-state index is 12.7. The number of carbonyl (C=O) groups is 1. The molecule has 3 nitrogen and oxygen atoms in total. The minimum Gasteiger partial charge on any atom is -0.352 e. The van der Waals surface area contributed by atoms with E-state index in [4.69, 9.17) is 0 Å². The van der Waals surface area contributed by atoms with Gasteiger partial charge in [-0.25, -0.2) is 0 Å². The van der Waals surface area contributed by atoms with Crippen LogP contribution in [0.15, 0.2) is 58.3 Å². The number of nitriles is 1. The second-order valence-corrected chi connectivity index (χ2v) is 8.13. The monoisotopic (exact) mass is 364 g/mol. The third-order valence-electron chi connectivity index (χ3n) is 5.05. The van der Waals surface area contributed by atoms with Gasteiger partial charge in [-0.05, 0) is 48.9 Å². The number of rotatable bonds is 5. The molecule has 134 valence electrons. The Bertz CT molecular complexity index is 804. The van der Waals surface area contributed by atoms with Gasteiger partial charge in [0.15, 0.2) is 0 Å². The summed E-state index contributed by atoms with van der Waals surface area (Å²) in [6.07, 6.45) is 4.93. The zero-order chi connectivity index (χ0) is 18.4. The van der Waals surface area contributed by atoms with Gasteiger partial charge >= 0.3 is 0 Å². The minimum atomic E-state index is -0.0267. The smallest absolute Gasteiger partial charge is 0.252 e. The van der Waals surface area contributed by atoms with Gasteiger partial charge in [0.25, 0.3) is 5.91 Å². The van der Waals surface area contributed by atoms with Crippen molar-refractivity contribution in [2.24, 2.45) is 11.8 Å². The zero-order valence-electron chi connectivity index (χ0n) is 15.1. The summed E-state index contributed by atoms with van der Waals surface area (Å²) in [5, 5.41) is 12.4. The van der Waals surface area contributed by atoms with Crippen LogP contribution in [-0.2, 0) is 0 Å². The predicted octanol–water partition coefficient (Wildman–Crippen LogP) is 5.27. The number of amides is 1. The van der Waals surface area contributed by atoms with E-state index in [0.29, 0.717) is 17.0 Å². The molecule has 1 fully saturated rings. The Morgan fingerprint density at radius 1 is 1.08 bits per heavy atom. The molecule has 1 aliphatic carbocycles. The van der Waals surface area contributed by atoms with Crippen molar-refractivity contribution in [1.82, 2.24) is 5.32 Å². The van der Waals surface area contributed by atoms with Crippen LogP contribution in [0.4, 0.5) is 0 Å². The first-order chi connectivity index (χ1) is 12.7. The van der Waals surface area contributed by atoms with Crippen molar-refractivity contribution in [3.05, 3.63) is 59.7 Å². The van der Waals surface area contributed by atoms with Gasteiger partial charge in [0.2, 0.25) is 0 Å². The van der Waals surface area contributed by atoms with Crippen molar-refractivity contribution in [3.8, 4) is 6.07 Å². The molecule has 0 heterocycles. The van der Waals surface area contributed by atoms with Crippen molar-refractivity contribution in [1.29, 1.82) is 5.26 Å². The number of carbonyl (C=O) groups excluding carboxylic acids is 1. The Morgan fingerprint density at radius 3 is 2.46 bits per heavy atom. The molecular formula is C22H24N2OS. The topological polar surface area (TPSA) is 52.9 Å². The highest BCUT2D eigenvalue weighted by Crippen LogP contribution is 2.33. The summed E-state index contributed by atoms with van der Waals surface area (Å²) >= 11 is 1.47. The van der Waals surface area contributed by atoms with Crippen molar-refractivity contribution in [2.45, 2.75) is 42.4 Å². The summed E-state index contributed by atoms with van der Waals surface area (Å²) in [4.78, 5) is 14.5. The molecule has 0 aliphatic heterocycles. The molecule has 1 aliphatic rings. The van der Waals surface area contributed by atoms with E-state index in [1.54, 1.807) is 6.07 Å². The summed E-state index contributed by atoms with van der Waals surface area (Å²) in [6, 6.07) is 17.3. The van der Waals surface area contributed by atoms with Crippen LogP contribution in [0.5, 0.6) is 0 Å². The maximum Gasteiger partial charge on any atom is 0.252 e. The van der Waals surface area contributed by atoms with E-state index in [-0.39, 0.29) is 5.91 Å². The van der Waals surface area contributed by atoms with Gasteiger partial charge in [0.05, 0.1) is 11.1 Å². The highest BCUT2D eigenvalue weighted by atomic mass is 32.2. The van der Waals surface area contributed by atoms with Gasteiger partial charge in [-0.3, -0.25) is 4.79 Å². The summed E-state index contributed by atoms with van der Waals surface area (Å²) in [7, 11) is 0. The molecule has 26 heavy (non-hydrogen) atoms. The van der Waals surface area contributed by atoms with Gasteiger partial charge in [0.1, 0.15) is 6.07 Å². The fourth-order valence-electron chi connectivity index (χ4n) is 3.38. The lowest BCUT2D eigenvalue weighted by Crippen LogP contribution is -2.31. The first-order valence-corrected chi connectivity index (χ1v) is 10.0. The van der Waals surface area contributed by atoms with Crippen LogP contribution in [0.2, 0.25) is 0 Å². The van der Waals surface area contributed by atoms with Crippen LogP contribution in [0, 0.1) is 23.2 Å². The molecule has 3 rings (SSSR count). The van der Waals surface area contributed by atoms with Crippen LogP contribution < -0.4 is 5.32 Å². The molecule has 2 aromatic carbocycles. The number of hydrogen-bond donors (Lipinski definition) is 1. The molecule has 0 bridgehead atoms. The van der Waals surface area contributed by atoms with Crippen molar-refractivity contribution in [2.75, 3.05) is 6.54 Å². The van der Waals surface area contributed by atoms with E-state index in [1.165, 1.54) is 37.4 Å². The fourth-order valence-corrected chi connectivity index (χ4v) is 4.40. The lowest BCUT2D eigenvalue weighted by atomic mass is 9.83. The van der Waals surface area contributed by atoms with Crippen LogP contribution in [0.25, 0.3) is 0 Å². The number of nitrogens with zero attached hydrogens (tertiary/aromatic N) is 1. The van der Waals surface area contributed by atoms with Gasteiger partial charge in [-0.1, -0.05) is 55.8 Å². The molecule has 0 spiro atoms. The average molecular weight is 365 g/mol. The zero-order valence-corrected chi connectivity index (χ0v) is 15.9. The standard InChI is InChI=1S/C22H24N2OS/c1-16-10-12-17(13-11-16)15-24-22(25)19-7-3-5-9-21(19)26-20-8-4-2-6-18(20)14-23/h2-9,16-17H,10-13,15H2,1H3,(H,24,25). The Hall–Kier alpha value is -2.25. The second-order valence-electron chi connectivity index (χ2n) is 7.04. The third-order valence-corrected chi connectivity index (χ3v) is 6.20. The maximum absolute atomic E-state index is 12.7. The number of hydrogen-bond acceptors (Lipinski definition) is 3. The fraction of sp³-hybridized carbons (Fsp3) is 0.364. The van der Waals surface area contributed by atoms with Crippen LogP contribution >= 0.6 is 11.8 Å². The lowest BCUT2D eigenvalue weighted by molar-refractivity contribution is 0.0939. The first-order valence-electron chi connectivity index (χ1n) is 9.21. The molecule has 1 N–H and O–H groups in total. The molecule has 2 aromatic rings. The number of nitrogens with one attached hydrogen (secondary N) is 1. The third kappa shape index (κ3) is 4.68. The molecule has 0 aromatic heterocycles. The Kier molecular flexibility index (Phi) is 6.35. The van der Waals surface area contributed by atoms with Crippen LogP contribution in [0.1, 0.15) is 48.5 Å². The molecule has 0 unspecified atom stereocenters. The largest absolute Gasteiger partial charge is 0.352 e. The summed E-state index contributed by atoms with van der Waals surface area (Å²) < 4.78 is 0. The van der Waals surface area contributed by atoms with Crippen molar-refractivity contribution >= 4 is 17.7 Å². The average Bonchev–Trinajstić information content (AvgIpc) is 2.68. The Balaban J connectivity index is 1.68. The second kappa shape index (κ2) is 8.91. The first kappa shape index (κ1) is 18.5. The summed E-state index contributed by atoms with van der Waals surface area (Å²) in [6.45, 7) is 3.06. The van der Waals surface area contributed by atoms with Crippen molar-refractivity contribution < 1.29 is 4.79 Å². The van der Waals surface area contributed by atoms with E-state index >= 15 is 0 Å². The van der Waals surface area contributed by atoms with Crippen molar-refractivity contribution in [3.63, 3.8) is 0 Å².